The quantitative estimate of drug-likeness (QED) is 0.846. The van der Waals surface area contributed by atoms with E-state index in [1.54, 1.807) is 0 Å². The van der Waals surface area contributed by atoms with Gasteiger partial charge in [0, 0.05) is 37.3 Å². The van der Waals surface area contributed by atoms with E-state index in [4.69, 9.17) is 0 Å². The third kappa shape index (κ3) is 2.81. The SMILES string of the molecule is CN(C)c1ccc(NC2CCSC2)cc1. The van der Waals surface area contributed by atoms with Gasteiger partial charge in [-0.05, 0) is 36.4 Å². The van der Waals surface area contributed by atoms with E-state index < -0.39 is 0 Å². The summed E-state index contributed by atoms with van der Waals surface area (Å²) in [7, 11) is 4.13. The van der Waals surface area contributed by atoms with Gasteiger partial charge in [-0.1, -0.05) is 0 Å². The molecule has 1 atom stereocenters. The molecular weight excluding hydrogens is 204 g/mol. The molecule has 0 amide bonds. The Hall–Kier alpha value is -0.830. The molecule has 1 saturated heterocycles. The Labute approximate surface area is 96.0 Å². The van der Waals surface area contributed by atoms with E-state index in [1.165, 1.54) is 29.3 Å². The second-order valence-electron chi connectivity index (χ2n) is 4.15. The van der Waals surface area contributed by atoms with Gasteiger partial charge in [-0.3, -0.25) is 0 Å². The van der Waals surface area contributed by atoms with Crippen molar-refractivity contribution < 1.29 is 0 Å². The molecule has 82 valence electrons. The Balaban J connectivity index is 1.97. The molecule has 0 bridgehead atoms. The minimum absolute atomic E-state index is 0.667. The van der Waals surface area contributed by atoms with Gasteiger partial charge in [0.05, 0.1) is 0 Å². The summed E-state index contributed by atoms with van der Waals surface area (Å²) in [6.45, 7) is 0. The molecule has 1 N–H and O–H groups in total. The second-order valence-corrected chi connectivity index (χ2v) is 5.30. The maximum Gasteiger partial charge on any atom is 0.0362 e. The predicted octanol–water partition coefficient (Wildman–Crippen LogP) is 2.67. The molecule has 1 unspecified atom stereocenters. The molecule has 1 aromatic rings. The summed E-state index contributed by atoms with van der Waals surface area (Å²) >= 11 is 2.04. The summed E-state index contributed by atoms with van der Waals surface area (Å²) < 4.78 is 0. The molecule has 0 aromatic heterocycles. The smallest absolute Gasteiger partial charge is 0.0362 e. The van der Waals surface area contributed by atoms with E-state index in [-0.39, 0.29) is 0 Å². The van der Waals surface area contributed by atoms with Gasteiger partial charge >= 0.3 is 0 Å². The van der Waals surface area contributed by atoms with Gasteiger partial charge in [-0.2, -0.15) is 11.8 Å². The molecular formula is C12H18N2S. The third-order valence-corrected chi connectivity index (χ3v) is 3.85. The lowest BCUT2D eigenvalue weighted by atomic mass is 10.2. The molecule has 1 aromatic carbocycles. The molecule has 2 rings (SSSR count). The summed E-state index contributed by atoms with van der Waals surface area (Å²) in [4.78, 5) is 2.12. The van der Waals surface area contributed by atoms with Crippen LogP contribution in [-0.2, 0) is 0 Å². The fourth-order valence-corrected chi connectivity index (χ4v) is 2.89. The first kappa shape index (κ1) is 10.7. The van der Waals surface area contributed by atoms with E-state index in [9.17, 15) is 0 Å². The van der Waals surface area contributed by atoms with Gasteiger partial charge in [-0.15, -0.1) is 0 Å². The molecule has 1 aliphatic rings. The van der Waals surface area contributed by atoms with E-state index in [1.807, 2.05) is 11.8 Å². The number of anilines is 2. The van der Waals surface area contributed by atoms with Gasteiger partial charge in [0.25, 0.3) is 0 Å². The minimum atomic E-state index is 0.667. The van der Waals surface area contributed by atoms with Crippen LogP contribution in [0.4, 0.5) is 11.4 Å². The Morgan fingerprint density at radius 2 is 2.00 bits per heavy atom. The van der Waals surface area contributed by atoms with Crippen molar-refractivity contribution in [3.63, 3.8) is 0 Å². The van der Waals surface area contributed by atoms with Crippen LogP contribution < -0.4 is 10.2 Å². The third-order valence-electron chi connectivity index (χ3n) is 2.68. The summed E-state index contributed by atoms with van der Waals surface area (Å²) in [6, 6.07) is 9.31. The highest BCUT2D eigenvalue weighted by atomic mass is 32.2. The molecule has 1 fully saturated rings. The van der Waals surface area contributed by atoms with E-state index >= 15 is 0 Å². The first-order valence-electron chi connectivity index (χ1n) is 5.37. The largest absolute Gasteiger partial charge is 0.381 e. The highest BCUT2D eigenvalue weighted by Crippen LogP contribution is 2.22. The molecule has 0 aliphatic carbocycles. The van der Waals surface area contributed by atoms with Crippen LogP contribution in [0.3, 0.4) is 0 Å². The highest BCUT2D eigenvalue weighted by molar-refractivity contribution is 7.99. The zero-order valence-electron chi connectivity index (χ0n) is 9.36. The number of nitrogens with one attached hydrogen (secondary N) is 1. The minimum Gasteiger partial charge on any atom is -0.381 e. The molecule has 3 heteroatoms. The van der Waals surface area contributed by atoms with Crippen LogP contribution in [0.2, 0.25) is 0 Å². The second kappa shape index (κ2) is 4.79. The molecule has 1 heterocycles. The maximum absolute atomic E-state index is 3.57. The molecule has 2 nitrogen and oxygen atoms in total. The standard InChI is InChI=1S/C12H18N2S/c1-14(2)12-5-3-10(4-6-12)13-11-7-8-15-9-11/h3-6,11,13H,7-9H2,1-2H3. The van der Waals surface area contributed by atoms with Crippen LogP contribution >= 0.6 is 11.8 Å². The zero-order chi connectivity index (χ0) is 10.7. The van der Waals surface area contributed by atoms with Crippen LogP contribution in [0.25, 0.3) is 0 Å². The van der Waals surface area contributed by atoms with E-state index in [2.05, 4.69) is 48.6 Å². The van der Waals surface area contributed by atoms with Crippen molar-refractivity contribution in [1.82, 2.24) is 0 Å². The normalized spacial score (nSPS) is 20.3. The average molecular weight is 222 g/mol. The van der Waals surface area contributed by atoms with Crippen LogP contribution in [0.1, 0.15) is 6.42 Å². The van der Waals surface area contributed by atoms with Crippen molar-refractivity contribution in [1.29, 1.82) is 0 Å². The number of thioether (sulfide) groups is 1. The maximum atomic E-state index is 3.57. The summed E-state index contributed by atoms with van der Waals surface area (Å²) in [5.41, 5.74) is 2.49. The fourth-order valence-electron chi connectivity index (χ4n) is 1.74. The number of hydrogen-bond donors (Lipinski definition) is 1. The Morgan fingerprint density at radius 3 is 2.53 bits per heavy atom. The zero-order valence-corrected chi connectivity index (χ0v) is 10.2. The molecule has 0 spiro atoms. The van der Waals surface area contributed by atoms with Crippen molar-refractivity contribution in [2.75, 3.05) is 35.8 Å². The monoisotopic (exact) mass is 222 g/mol. The predicted molar refractivity (Wildman–Crippen MR) is 70.1 cm³/mol. The average Bonchev–Trinajstić information content (AvgIpc) is 2.71. The van der Waals surface area contributed by atoms with Gasteiger partial charge in [-0.25, -0.2) is 0 Å². The summed E-state index contributed by atoms with van der Waals surface area (Å²) in [5.74, 6) is 2.54. The van der Waals surface area contributed by atoms with Gasteiger partial charge < -0.3 is 10.2 Å². The van der Waals surface area contributed by atoms with Gasteiger partial charge in [0.15, 0.2) is 0 Å². The Bertz CT molecular complexity index is 302. The Morgan fingerprint density at radius 1 is 1.27 bits per heavy atom. The molecule has 0 saturated carbocycles. The number of nitrogens with zero attached hydrogens (tertiary/aromatic N) is 1. The molecule has 0 radical (unpaired) electrons. The van der Waals surface area contributed by atoms with Crippen molar-refractivity contribution in [3.05, 3.63) is 24.3 Å². The van der Waals surface area contributed by atoms with Crippen molar-refractivity contribution in [3.8, 4) is 0 Å². The fraction of sp³-hybridized carbons (Fsp3) is 0.500. The van der Waals surface area contributed by atoms with Crippen LogP contribution in [-0.4, -0.2) is 31.6 Å². The Kier molecular flexibility index (Phi) is 3.41. The van der Waals surface area contributed by atoms with Crippen molar-refractivity contribution in [2.45, 2.75) is 12.5 Å². The van der Waals surface area contributed by atoms with Gasteiger partial charge in [0.2, 0.25) is 0 Å². The van der Waals surface area contributed by atoms with Gasteiger partial charge in [0.1, 0.15) is 0 Å². The lowest BCUT2D eigenvalue weighted by Crippen LogP contribution is -2.18. The molecule has 1 aliphatic heterocycles. The summed E-state index contributed by atoms with van der Waals surface area (Å²) in [5, 5.41) is 3.57. The first-order chi connectivity index (χ1) is 7.25. The highest BCUT2D eigenvalue weighted by Gasteiger charge is 2.14. The first-order valence-corrected chi connectivity index (χ1v) is 6.53. The van der Waals surface area contributed by atoms with E-state index in [0.717, 1.165) is 0 Å². The number of hydrogen-bond acceptors (Lipinski definition) is 3. The van der Waals surface area contributed by atoms with Crippen molar-refractivity contribution in [2.24, 2.45) is 0 Å². The molecule has 15 heavy (non-hydrogen) atoms. The van der Waals surface area contributed by atoms with Crippen LogP contribution in [0.5, 0.6) is 0 Å². The topological polar surface area (TPSA) is 15.3 Å². The lowest BCUT2D eigenvalue weighted by molar-refractivity contribution is 0.813. The number of benzene rings is 1. The van der Waals surface area contributed by atoms with Crippen LogP contribution in [0, 0.1) is 0 Å². The lowest BCUT2D eigenvalue weighted by Gasteiger charge is -2.15. The van der Waals surface area contributed by atoms with Crippen LogP contribution in [0.15, 0.2) is 24.3 Å². The van der Waals surface area contributed by atoms with E-state index in [0.29, 0.717) is 6.04 Å². The van der Waals surface area contributed by atoms with Crippen molar-refractivity contribution >= 4 is 23.1 Å². The summed E-state index contributed by atoms with van der Waals surface area (Å²) in [6.07, 6.45) is 1.29. The number of rotatable bonds is 3.